The van der Waals surface area contributed by atoms with E-state index >= 15 is 0 Å². The number of fused-ring (bicyclic) bond motifs is 2. The zero-order valence-electron chi connectivity index (χ0n) is 21.6. The summed E-state index contributed by atoms with van der Waals surface area (Å²) in [4.78, 5) is 19.7. The van der Waals surface area contributed by atoms with E-state index in [4.69, 9.17) is 4.74 Å². The van der Waals surface area contributed by atoms with Crippen molar-refractivity contribution in [2.75, 3.05) is 39.6 Å². The maximum Gasteiger partial charge on any atom is 0.256 e. The highest BCUT2D eigenvalue weighted by atomic mass is 28.3. The molecule has 0 aromatic carbocycles. The lowest BCUT2D eigenvalue weighted by Crippen LogP contribution is -2.54. The van der Waals surface area contributed by atoms with E-state index in [0.717, 1.165) is 49.9 Å². The molecule has 0 aromatic heterocycles. The van der Waals surface area contributed by atoms with E-state index in [9.17, 15) is 9.18 Å². The monoisotopic (exact) mass is 503 g/mol. The molecule has 1 saturated carbocycles. The van der Waals surface area contributed by atoms with Crippen molar-refractivity contribution >= 4 is 14.0 Å². The number of rotatable bonds is 8. The lowest BCUT2D eigenvalue weighted by atomic mass is 9.84. The van der Waals surface area contributed by atoms with Crippen molar-refractivity contribution in [1.82, 2.24) is 25.3 Å². The first kappa shape index (κ1) is 24.8. The second-order valence-corrected chi connectivity index (χ2v) is 17.7. The van der Waals surface area contributed by atoms with E-state index in [0.29, 0.717) is 38.3 Å². The number of hydrogen-bond acceptors (Lipinski definition) is 6. The number of ether oxygens (including phenoxy) is 1. The van der Waals surface area contributed by atoms with Crippen LogP contribution in [0.1, 0.15) is 32.1 Å². The zero-order chi connectivity index (χ0) is 24.6. The molecule has 4 aliphatic heterocycles. The first-order chi connectivity index (χ1) is 16.8. The van der Waals surface area contributed by atoms with Crippen molar-refractivity contribution in [3.05, 3.63) is 35.3 Å². The number of amides is 1. The number of carbonyl (C=O) groups is 1. The van der Waals surface area contributed by atoms with Crippen LogP contribution in [-0.4, -0.2) is 86.7 Å². The van der Waals surface area contributed by atoms with Gasteiger partial charge < -0.3 is 30.1 Å². The van der Waals surface area contributed by atoms with Gasteiger partial charge in [0.25, 0.3) is 5.91 Å². The van der Waals surface area contributed by atoms with Crippen molar-refractivity contribution in [3.63, 3.8) is 0 Å². The molecule has 0 spiro atoms. The van der Waals surface area contributed by atoms with Crippen LogP contribution in [0.5, 0.6) is 0 Å². The molecule has 1 aliphatic carbocycles. The summed E-state index contributed by atoms with van der Waals surface area (Å²) in [5.41, 5.74) is 2.99. The molecular formula is C26H42FN5O2Si. The Kier molecular flexibility index (Phi) is 7.28. The third kappa shape index (κ3) is 5.62. The van der Waals surface area contributed by atoms with Crippen molar-refractivity contribution in [1.29, 1.82) is 0 Å². The number of nitrogens with zero attached hydrogens (tertiary/aromatic N) is 3. The quantitative estimate of drug-likeness (QED) is 0.392. The molecule has 2 N–H and O–H groups in total. The SMILES string of the molecule is C[Si](C)(C)CCOCN1C=CC2=C3C(=CNC21)C(=O)NCN3C1CCC(CN2CC[C@H](F)C2)CC1. The minimum absolute atomic E-state index is 0.00330. The van der Waals surface area contributed by atoms with Crippen molar-refractivity contribution in [2.45, 2.75) is 76.2 Å². The molecule has 2 atom stereocenters. The standard InChI is InChI=1S/C26H42FN5O2Si/c1-35(2,3)13-12-34-18-31-11-9-22-24-23(14-28-25(22)31)26(33)29-17-32(24)21-6-4-19(5-7-21)15-30-10-8-20(27)16-30/h9,11,14,19-21,25,28H,4-8,10,12-13,15-18H2,1-3H3,(H,29,33)/t19?,20-,21?,25?/m0/s1. The molecule has 2 saturated heterocycles. The van der Waals surface area contributed by atoms with Crippen molar-refractivity contribution < 1.29 is 13.9 Å². The third-order valence-electron chi connectivity index (χ3n) is 8.15. The maximum atomic E-state index is 13.6. The van der Waals surface area contributed by atoms with Crippen LogP contribution in [0.3, 0.4) is 0 Å². The van der Waals surface area contributed by atoms with Gasteiger partial charge in [-0.05, 0) is 50.1 Å². The number of likely N-dealkylation sites (tertiary alicyclic amines) is 1. The Hall–Kier alpha value is -1.84. The van der Waals surface area contributed by atoms with E-state index in [1.807, 2.05) is 6.20 Å². The first-order valence-corrected chi connectivity index (χ1v) is 17.1. The summed E-state index contributed by atoms with van der Waals surface area (Å²) in [6.07, 6.45) is 10.8. The molecule has 3 fully saturated rings. The first-order valence-electron chi connectivity index (χ1n) is 13.4. The largest absolute Gasteiger partial charge is 0.367 e. The Bertz CT molecular complexity index is 893. The average Bonchev–Trinajstić information content (AvgIpc) is 3.43. The van der Waals surface area contributed by atoms with Gasteiger partial charge in [0.15, 0.2) is 0 Å². The molecule has 1 amide bonds. The molecule has 5 rings (SSSR count). The number of dihydropyridines is 1. The van der Waals surface area contributed by atoms with Gasteiger partial charge >= 0.3 is 0 Å². The molecule has 9 heteroatoms. The van der Waals surface area contributed by atoms with Crippen molar-refractivity contribution in [3.8, 4) is 0 Å². The van der Waals surface area contributed by atoms with E-state index in [-0.39, 0.29) is 12.1 Å². The highest BCUT2D eigenvalue weighted by Crippen LogP contribution is 2.38. The van der Waals surface area contributed by atoms with Crippen molar-refractivity contribution in [2.24, 2.45) is 5.92 Å². The van der Waals surface area contributed by atoms with Gasteiger partial charge in [-0.1, -0.05) is 19.6 Å². The van der Waals surface area contributed by atoms with E-state index in [1.165, 1.54) is 18.4 Å². The molecule has 194 valence electrons. The van der Waals surface area contributed by atoms with Gasteiger partial charge in [-0.2, -0.15) is 0 Å². The Morgan fingerprint density at radius 3 is 2.69 bits per heavy atom. The molecule has 4 heterocycles. The minimum Gasteiger partial charge on any atom is -0.367 e. The van der Waals surface area contributed by atoms with E-state index < -0.39 is 14.2 Å². The van der Waals surface area contributed by atoms with E-state index in [2.05, 4.69) is 57.3 Å². The fraction of sp³-hybridized carbons (Fsp3) is 0.731. The van der Waals surface area contributed by atoms with Crippen LogP contribution < -0.4 is 10.6 Å². The number of halogens is 1. The van der Waals surface area contributed by atoms with Crippen LogP contribution in [0, 0.1) is 5.92 Å². The lowest BCUT2D eigenvalue weighted by Gasteiger charge is -2.45. The topological polar surface area (TPSA) is 60.1 Å². The fourth-order valence-corrected chi connectivity index (χ4v) is 6.83. The Labute approximate surface area is 210 Å². The second-order valence-electron chi connectivity index (χ2n) is 12.1. The molecule has 35 heavy (non-hydrogen) atoms. The zero-order valence-corrected chi connectivity index (χ0v) is 22.6. The molecular weight excluding hydrogens is 461 g/mol. The van der Waals surface area contributed by atoms with Gasteiger partial charge in [-0.25, -0.2) is 4.39 Å². The van der Waals surface area contributed by atoms with Crippen LogP contribution in [0.4, 0.5) is 4.39 Å². The summed E-state index contributed by atoms with van der Waals surface area (Å²) >= 11 is 0. The predicted octanol–water partition coefficient (Wildman–Crippen LogP) is 3.19. The summed E-state index contributed by atoms with van der Waals surface area (Å²) in [6, 6.07) is 1.57. The summed E-state index contributed by atoms with van der Waals surface area (Å²) in [5.74, 6) is 0.649. The van der Waals surface area contributed by atoms with Crippen LogP contribution in [0.2, 0.25) is 25.7 Å². The van der Waals surface area contributed by atoms with Crippen LogP contribution in [0.15, 0.2) is 35.3 Å². The average molecular weight is 504 g/mol. The van der Waals surface area contributed by atoms with Crippen LogP contribution in [-0.2, 0) is 9.53 Å². The summed E-state index contributed by atoms with van der Waals surface area (Å²) in [6.45, 7) is 11.6. The van der Waals surface area contributed by atoms with Gasteiger partial charge in [0.05, 0.1) is 17.9 Å². The predicted molar refractivity (Wildman–Crippen MR) is 139 cm³/mol. The normalized spacial score (nSPS) is 31.3. The Balaban J connectivity index is 1.22. The van der Waals surface area contributed by atoms with Gasteiger partial charge in [0.1, 0.15) is 19.1 Å². The molecule has 1 unspecified atom stereocenters. The fourth-order valence-electron chi connectivity index (χ4n) is 6.07. The summed E-state index contributed by atoms with van der Waals surface area (Å²) in [5, 5.41) is 6.53. The van der Waals surface area contributed by atoms with Gasteiger partial charge in [-0.3, -0.25) is 4.79 Å². The number of hydrogen-bond donors (Lipinski definition) is 2. The second kappa shape index (κ2) is 10.3. The summed E-state index contributed by atoms with van der Waals surface area (Å²) < 4.78 is 19.6. The number of nitrogens with one attached hydrogen (secondary N) is 2. The highest BCUT2D eigenvalue weighted by molar-refractivity contribution is 6.76. The molecule has 7 nitrogen and oxygen atoms in total. The van der Waals surface area contributed by atoms with Gasteiger partial charge in [0, 0.05) is 58.3 Å². The molecule has 5 aliphatic rings. The Morgan fingerprint density at radius 2 is 1.97 bits per heavy atom. The number of alkyl halides is 1. The minimum atomic E-state index is -1.11. The molecule has 0 bridgehead atoms. The molecule has 0 radical (unpaired) electrons. The third-order valence-corrected chi connectivity index (χ3v) is 9.86. The lowest BCUT2D eigenvalue weighted by molar-refractivity contribution is -0.119. The van der Waals surface area contributed by atoms with Crippen LogP contribution in [0.25, 0.3) is 0 Å². The number of carbonyl (C=O) groups excluding carboxylic acids is 1. The van der Waals surface area contributed by atoms with Gasteiger partial charge in [-0.15, -0.1) is 0 Å². The summed E-state index contributed by atoms with van der Waals surface area (Å²) in [7, 11) is -1.11. The Morgan fingerprint density at radius 1 is 1.17 bits per heavy atom. The smallest absolute Gasteiger partial charge is 0.256 e. The van der Waals surface area contributed by atoms with E-state index in [1.54, 1.807) is 0 Å². The highest BCUT2D eigenvalue weighted by Gasteiger charge is 2.40. The van der Waals surface area contributed by atoms with Crippen LogP contribution >= 0.6 is 0 Å². The maximum absolute atomic E-state index is 13.6. The molecule has 0 aromatic rings. The van der Waals surface area contributed by atoms with Gasteiger partial charge in [0.2, 0.25) is 0 Å².